The standard InChI is InChI=1S/C15H19NOS2/c1-5-13-14(16-15(18)19-13)11-8-10(9(2)3)6-7-12(11)17-4/h6-9H,5H2,1-4H3,(H,16,18). The Morgan fingerprint density at radius 2 is 2.11 bits per heavy atom. The summed E-state index contributed by atoms with van der Waals surface area (Å²) in [4.78, 5) is 4.59. The van der Waals surface area contributed by atoms with E-state index in [1.807, 2.05) is 6.07 Å². The van der Waals surface area contributed by atoms with Gasteiger partial charge in [-0.15, -0.1) is 11.3 Å². The number of aromatic amines is 1. The Kier molecular flexibility index (Phi) is 4.42. The van der Waals surface area contributed by atoms with Crippen molar-refractivity contribution in [3.63, 3.8) is 0 Å². The van der Waals surface area contributed by atoms with Gasteiger partial charge in [-0.1, -0.05) is 26.8 Å². The van der Waals surface area contributed by atoms with Gasteiger partial charge in [-0.25, -0.2) is 0 Å². The fourth-order valence-electron chi connectivity index (χ4n) is 2.11. The maximum absolute atomic E-state index is 5.49. The summed E-state index contributed by atoms with van der Waals surface area (Å²) >= 11 is 6.92. The number of aryl methyl sites for hydroxylation is 1. The Balaban J connectivity index is 2.64. The maximum atomic E-state index is 5.49. The van der Waals surface area contributed by atoms with Crippen LogP contribution >= 0.6 is 23.6 Å². The Hall–Kier alpha value is -1.13. The topological polar surface area (TPSA) is 25.0 Å². The number of aromatic nitrogens is 1. The molecule has 0 amide bonds. The first-order valence-electron chi connectivity index (χ1n) is 6.47. The van der Waals surface area contributed by atoms with E-state index in [1.54, 1.807) is 18.4 Å². The van der Waals surface area contributed by atoms with Gasteiger partial charge >= 0.3 is 0 Å². The van der Waals surface area contributed by atoms with Gasteiger partial charge in [0.2, 0.25) is 0 Å². The van der Waals surface area contributed by atoms with Crippen LogP contribution in [0.5, 0.6) is 5.75 Å². The average molecular weight is 293 g/mol. The van der Waals surface area contributed by atoms with Crippen LogP contribution in [-0.2, 0) is 6.42 Å². The van der Waals surface area contributed by atoms with Crippen molar-refractivity contribution in [1.82, 2.24) is 4.98 Å². The first kappa shape index (κ1) is 14.3. The highest BCUT2D eigenvalue weighted by Crippen LogP contribution is 2.36. The summed E-state index contributed by atoms with van der Waals surface area (Å²) in [5.41, 5.74) is 3.53. The highest BCUT2D eigenvalue weighted by Gasteiger charge is 2.14. The molecule has 0 saturated heterocycles. The van der Waals surface area contributed by atoms with E-state index in [9.17, 15) is 0 Å². The minimum absolute atomic E-state index is 0.497. The molecule has 4 heteroatoms. The molecule has 1 heterocycles. The molecule has 0 fully saturated rings. The summed E-state index contributed by atoms with van der Waals surface area (Å²) in [6.07, 6.45) is 0.974. The van der Waals surface area contributed by atoms with E-state index < -0.39 is 0 Å². The second-order valence-electron chi connectivity index (χ2n) is 4.78. The molecule has 0 unspecified atom stereocenters. The number of hydrogen-bond donors (Lipinski definition) is 1. The lowest BCUT2D eigenvalue weighted by molar-refractivity contribution is 0.416. The third-order valence-corrected chi connectivity index (χ3v) is 4.58. The molecular weight excluding hydrogens is 274 g/mol. The van der Waals surface area contributed by atoms with Gasteiger partial charge in [0, 0.05) is 10.4 Å². The van der Waals surface area contributed by atoms with Crippen molar-refractivity contribution in [3.8, 4) is 17.0 Å². The fraction of sp³-hybridized carbons (Fsp3) is 0.400. The Morgan fingerprint density at radius 1 is 1.37 bits per heavy atom. The van der Waals surface area contributed by atoms with Crippen LogP contribution in [0.4, 0.5) is 0 Å². The number of H-pyrrole nitrogens is 1. The monoisotopic (exact) mass is 293 g/mol. The van der Waals surface area contributed by atoms with E-state index in [0.717, 1.165) is 27.4 Å². The van der Waals surface area contributed by atoms with Crippen LogP contribution in [0.2, 0.25) is 0 Å². The van der Waals surface area contributed by atoms with Gasteiger partial charge in [-0.2, -0.15) is 0 Å². The molecule has 1 aromatic carbocycles. The molecule has 0 atom stereocenters. The third kappa shape index (κ3) is 2.90. The summed E-state index contributed by atoms with van der Waals surface area (Å²) < 4.78 is 6.32. The Morgan fingerprint density at radius 3 is 2.68 bits per heavy atom. The van der Waals surface area contributed by atoms with Crippen LogP contribution < -0.4 is 4.74 Å². The van der Waals surface area contributed by atoms with E-state index >= 15 is 0 Å². The van der Waals surface area contributed by atoms with E-state index in [0.29, 0.717) is 5.92 Å². The smallest absolute Gasteiger partial charge is 0.159 e. The van der Waals surface area contributed by atoms with Gasteiger partial charge in [0.25, 0.3) is 0 Å². The third-order valence-electron chi connectivity index (χ3n) is 3.20. The van der Waals surface area contributed by atoms with E-state index in [4.69, 9.17) is 17.0 Å². The van der Waals surface area contributed by atoms with E-state index in [2.05, 4.69) is 37.9 Å². The van der Waals surface area contributed by atoms with Crippen LogP contribution in [0.15, 0.2) is 18.2 Å². The molecule has 2 aromatic rings. The number of ether oxygens (including phenoxy) is 1. The van der Waals surface area contributed by atoms with E-state index in [1.165, 1.54) is 10.4 Å². The van der Waals surface area contributed by atoms with Crippen molar-refractivity contribution in [2.24, 2.45) is 0 Å². The molecule has 0 aliphatic heterocycles. The zero-order valence-corrected chi connectivity index (χ0v) is 13.4. The van der Waals surface area contributed by atoms with Gasteiger partial charge in [-0.05, 0) is 42.3 Å². The molecule has 1 N–H and O–H groups in total. The summed E-state index contributed by atoms with van der Waals surface area (Å²) in [7, 11) is 1.71. The lowest BCUT2D eigenvalue weighted by atomic mass is 9.98. The van der Waals surface area contributed by atoms with Crippen molar-refractivity contribution in [3.05, 3.63) is 32.6 Å². The van der Waals surface area contributed by atoms with Crippen molar-refractivity contribution in [1.29, 1.82) is 0 Å². The van der Waals surface area contributed by atoms with Gasteiger partial charge in [0.05, 0.1) is 12.8 Å². The number of benzene rings is 1. The molecule has 2 rings (SSSR count). The quantitative estimate of drug-likeness (QED) is 0.787. The second-order valence-corrected chi connectivity index (χ2v) is 6.55. The minimum Gasteiger partial charge on any atom is -0.496 e. The van der Waals surface area contributed by atoms with Crippen LogP contribution in [0.1, 0.15) is 37.1 Å². The maximum Gasteiger partial charge on any atom is 0.159 e. The number of nitrogens with one attached hydrogen (secondary N) is 1. The normalized spacial score (nSPS) is 11.0. The molecule has 0 aliphatic carbocycles. The van der Waals surface area contributed by atoms with Crippen molar-refractivity contribution >= 4 is 23.6 Å². The number of hydrogen-bond acceptors (Lipinski definition) is 3. The zero-order chi connectivity index (χ0) is 14.0. The van der Waals surface area contributed by atoms with Crippen LogP contribution in [0, 0.1) is 3.95 Å². The summed E-state index contributed by atoms with van der Waals surface area (Å²) in [5.74, 6) is 1.39. The Labute approximate surface area is 123 Å². The highest BCUT2D eigenvalue weighted by molar-refractivity contribution is 7.73. The minimum atomic E-state index is 0.497. The predicted molar refractivity (Wildman–Crippen MR) is 85.0 cm³/mol. The van der Waals surface area contributed by atoms with Gasteiger partial charge in [-0.3, -0.25) is 0 Å². The Bertz CT molecular complexity index is 625. The van der Waals surface area contributed by atoms with Crippen LogP contribution in [0.3, 0.4) is 0 Å². The van der Waals surface area contributed by atoms with Gasteiger partial charge in [0.1, 0.15) is 5.75 Å². The summed E-state index contributed by atoms with van der Waals surface area (Å²) in [5, 5.41) is 0. The van der Waals surface area contributed by atoms with Gasteiger partial charge < -0.3 is 9.72 Å². The van der Waals surface area contributed by atoms with Crippen molar-refractivity contribution < 1.29 is 4.74 Å². The van der Waals surface area contributed by atoms with Crippen LogP contribution in [-0.4, -0.2) is 12.1 Å². The predicted octanol–water partition coefficient (Wildman–Crippen LogP) is 5.17. The first-order valence-corrected chi connectivity index (χ1v) is 7.69. The lowest BCUT2D eigenvalue weighted by Gasteiger charge is -2.12. The fourth-order valence-corrected chi connectivity index (χ4v) is 3.29. The molecule has 0 aliphatic rings. The van der Waals surface area contributed by atoms with Gasteiger partial charge in [0.15, 0.2) is 3.95 Å². The van der Waals surface area contributed by atoms with Crippen LogP contribution in [0.25, 0.3) is 11.3 Å². The molecule has 0 radical (unpaired) electrons. The molecule has 0 spiro atoms. The summed E-state index contributed by atoms with van der Waals surface area (Å²) in [6, 6.07) is 6.37. The molecule has 0 saturated carbocycles. The second kappa shape index (κ2) is 5.88. The zero-order valence-electron chi connectivity index (χ0n) is 11.7. The molecule has 102 valence electrons. The van der Waals surface area contributed by atoms with Crippen molar-refractivity contribution in [2.75, 3.05) is 7.11 Å². The lowest BCUT2D eigenvalue weighted by Crippen LogP contribution is -1.94. The first-order chi connectivity index (χ1) is 9.06. The summed E-state index contributed by atoms with van der Waals surface area (Å²) in [6.45, 7) is 6.54. The number of rotatable bonds is 4. The number of thiazole rings is 1. The molecule has 19 heavy (non-hydrogen) atoms. The SMILES string of the molecule is CCc1sc(=S)[nH]c1-c1cc(C(C)C)ccc1OC. The highest BCUT2D eigenvalue weighted by atomic mass is 32.1. The molecule has 2 nitrogen and oxygen atoms in total. The largest absolute Gasteiger partial charge is 0.496 e. The van der Waals surface area contributed by atoms with Crippen molar-refractivity contribution in [2.45, 2.75) is 33.1 Å². The molecule has 1 aromatic heterocycles. The molecule has 0 bridgehead atoms. The number of methoxy groups -OCH3 is 1. The average Bonchev–Trinajstić information content (AvgIpc) is 2.78. The molecular formula is C15H19NOS2. The van der Waals surface area contributed by atoms with E-state index in [-0.39, 0.29) is 0 Å².